The van der Waals surface area contributed by atoms with Crippen molar-refractivity contribution in [3.63, 3.8) is 0 Å². The highest BCUT2D eigenvalue weighted by molar-refractivity contribution is 5.91. The second-order valence-electron chi connectivity index (χ2n) is 6.02. The predicted molar refractivity (Wildman–Crippen MR) is 85.8 cm³/mol. The van der Waals surface area contributed by atoms with Gasteiger partial charge in [0.25, 0.3) is 5.91 Å². The highest BCUT2D eigenvalue weighted by Crippen LogP contribution is 2.19. The van der Waals surface area contributed by atoms with Crippen LogP contribution in [0.1, 0.15) is 54.1 Å². The third-order valence-electron chi connectivity index (χ3n) is 4.49. The summed E-state index contributed by atoms with van der Waals surface area (Å²) in [7, 11) is 0. The predicted octanol–water partition coefficient (Wildman–Crippen LogP) is 3.25. The van der Waals surface area contributed by atoms with Gasteiger partial charge < -0.3 is 9.64 Å². The number of benzene rings is 1. The zero-order valence-electron chi connectivity index (χ0n) is 13.7. The maximum absolute atomic E-state index is 12.3. The summed E-state index contributed by atoms with van der Waals surface area (Å²) in [6.45, 7) is 6.66. The summed E-state index contributed by atoms with van der Waals surface area (Å²) in [4.78, 5) is 26.2. The number of esters is 1. The molecule has 2 rings (SSSR count). The Bertz CT molecular complexity index is 553. The third kappa shape index (κ3) is 3.87. The molecule has 1 atom stereocenters. The van der Waals surface area contributed by atoms with Gasteiger partial charge in [0, 0.05) is 12.6 Å². The van der Waals surface area contributed by atoms with Gasteiger partial charge in [-0.1, -0.05) is 13.0 Å². The lowest BCUT2D eigenvalue weighted by atomic mass is 10.00. The van der Waals surface area contributed by atoms with Gasteiger partial charge in [0.05, 0.1) is 5.56 Å². The van der Waals surface area contributed by atoms with E-state index in [4.69, 9.17) is 4.74 Å². The van der Waals surface area contributed by atoms with Crippen molar-refractivity contribution in [2.45, 2.75) is 52.5 Å². The molecule has 22 heavy (non-hydrogen) atoms. The van der Waals surface area contributed by atoms with Crippen LogP contribution in [0.2, 0.25) is 0 Å². The molecule has 1 fully saturated rings. The van der Waals surface area contributed by atoms with Crippen LogP contribution in [0.5, 0.6) is 0 Å². The quantitative estimate of drug-likeness (QED) is 0.802. The fourth-order valence-electron chi connectivity index (χ4n) is 2.92. The number of aryl methyl sites for hydroxylation is 2. The van der Waals surface area contributed by atoms with Gasteiger partial charge in [0.1, 0.15) is 0 Å². The summed E-state index contributed by atoms with van der Waals surface area (Å²) < 4.78 is 5.20. The summed E-state index contributed by atoms with van der Waals surface area (Å²) in [5.41, 5.74) is 2.68. The van der Waals surface area contributed by atoms with Gasteiger partial charge in [-0.05, 0) is 62.8 Å². The molecule has 1 aromatic rings. The molecule has 0 radical (unpaired) electrons. The highest BCUT2D eigenvalue weighted by Gasteiger charge is 2.26. The van der Waals surface area contributed by atoms with Crippen LogP contribution in [0.15, 0.2) is 18.2 Å². The second kappa shape index (κ2) is 7.43. The molecule has 0 N–H and O–H groups in total. The van der Waals surface area contributed by atoms with Crippen LogP contribution in [-0.2, 0) is 9.53 Å². The van der Waals surface area contributed by atoms with Gasteiger partial charge in [0.15, 0.2) is 6.61 Å². The van der Waals surface area contributed by atoms with E-state index in [1.165, 1.54) is 6.42 Å². The van der Waals surface area contributed by atoms with Crippen molar-refractivity contribution in [1.82, 2.24) is 4.90 Å². The van der Waals surface area contributed by atoms with E-state index in [0.717, 1.165) is 36.9 Å². The van der Waals surface area contributed by atoms with E-state index in [0.29, 0.717) is 11.6 Å². The molecule has 4 nitrogen and oxygen atoms in total. The van der Waals surface area contributed by atoms with Crippen molar-refractivity contribution < 1.29 is 14.3 Å². The van der Waals surface area contributed by atoms with Crippen LogP contribution >= 0.6 is 0 Å². The molecule has 1 aromatic carbocycles. The summed E-state index contributed by atoms with van der Waals surface area (Å²) in [6.07, 6.45) is 4.21. The highest BCUT2D eigenvalue weighted by atomic mass is 16.5. The average molecular weight is 303 g/mol. The molecule has 1 aliphatic rings. The molecule has 0 bridgehead atoms. The zero-order valence-corrected chi connectivity index (χ0v) is 13.7. The van der Waals surface area contributed by atoms with Crippen molar-refractivity contribution in [2.75, 3.05) is 13.2 Å². The van der Waals surface area contributed by atoms with Crippen LogP contribution < -0.4 is 0 Å². The fraction of sp³-hybridized carbons (Fsp3) is 0.556. The van der Waals surface area contributed by atoms with Crippen LogP contribution in [0.4, 0.5) is 0 Å². The van der Waals surface area contributed by atoms with Crippen molar-refractivity contribution in [1.29, 1.82) is 0 Å². The SMILES string of the molecule is CC[C@H]1CCCCN1C(=O)COC(=O)c1ccc(C)c(C)c1. The van der Waals surface area contributed by atoms with Gasteiger partial charge in [0.2, 0.25) is 0 Å². The molecule has 0 aromatic heterocycles. The standard InChI is InChI=1S/C18H25NO3/c1-4-16-7-5-6-10-19(16)17(20)12-22-18(21)15-9-8-13(2)14(3)11-15/h8-9,11,16H,4-7,10,12H2,1-3H3/t16-/m0/s1. The van der Waals surface area contributed by atoms with E-state index in [2.05, 4.69) is 6.92 Å². The molecule has 0 unspecified atom stereocenters. The molecule has 1 saturated heterocycles. The lowest BCUT2D eigenvalue weighted by Crippen LogP contribution is -2.45. The number of rotatable bonds is 4. The monoisotopic (exact) mass is 303 g/mol. The van der Waals surface area contributed by atoms with E-state index >= 15 is 0 Å². The minimum Gasteiger partial charge on any atom is -0.452 e. The van der Waals surface area contributed by atoms with E-state index in [1.807, 2.05) is 24.8 Å². The van der Waals surface area contributed by atoms with Crippen molar-refractivity contribution >= 4 is 11.9 Å². The third-order valence-corrected chi connectivity index (χ3v) is 4.49. The Morgan fingerprint density at radius 3 is 2.68 bits per heavy atom. The summed E-state index contributed by atoms with van der Waals surface area (Å²) in [5.74, 6) is -0.509. The van der Waals surface area contributed by atoms with Crippen LogP contribution in [0.3, 0.4) is 0 Å². The Balaban J connectivity index is 1.92. The first-order valence-corrected chi connectivity index (χ1v) is 8.06. The van der Waals surface area contributed by atoms with E-state index in [-0.39, 0.29) is 12.5 Å². The van der Waals surface area contributed by atoms with E-state index < -0.39 is 5.97 Å². The van der Waals surface area contributed by atoms with Crippen molar-refractivity contribution in [3.05, 3.63) is 34.9 Å². The van der Waals surface area contributed by atoms with Crippen molar-refractivity contribution in [2.24, 2.45) is 0 Å². The summed E-state index contributed by atoms with van der Waals surface area (Å²) in [6, 6.07) is 5.73. The summed E-state index contributed by atoms with van der Waals surface area (Å²) in [5, 5.41) is 0. The van der Waals surface area contributed by atoms with Gasteiger partial charge in [-0.25, -0.2) is 4.79 Å². The van der Waals surface area contributed by atoms with Crippen LogP contribution in [-0.4, -0.2) is 36.0 Å². The first-order chi connectivity index (χ1) is 10.5. The number of nitrogens with zero attached hydrogens (tertiary/aromatic N) is 1. The van der Waals surface area contributed by atoms with Gasteiger partial charge in [-0.15, -0.1) is 0 Å². The van der Waals surface area contributed by atoms with Crippen molar-refractivity contribution in [3.8, 4) is 0 Å². The molecular weight excluding hydrogens is 278 g/mol. The molecule has 0 aliphatic carbocycles. The Labute approximate surface area is 132 Å². The normalized spacial score (nSPS) is 18.1. The fourth-order valence-corrected chi connectivity index (χ4v) is 2.92. The zero-order chi connectivity index (χ0) is 16.1. The molecule has 1 aliphatic heterocycles. The van der Waals surface area contributed by atoms with E-state index in [1.54, 1.807) is 12.1 Å². The number of carbonyl (C=O) groups excluding carboxylic acids is 2. The number of ether oxygens (including phenoxy) is 1. The molecule has 1 amide bonds. The lowest BCUT2D eigenvalue weighted by molar-refractivity contribution is -0.138. The molecule has 0 spiro atoms. The van der Waals surface area contributed by atoms with Gasteiger partial charge >= 0.3 is 5.97 Å². The molecular formula is C18H25NO3. The van der Waals surface area contributed by atoms with Gasteiger partial charge in [-0.2, -0.15) is 0 Å². The molecule has 1 heterocycles. The molecule has 120 valence electrons. The second-order valence-corrected chi connectivity index (χ2v) is 6.02. The first kappa shape index (κ1) is 16.5. The smallest absolute Gasteiger partial charge is 0.338 e. The first-order valence-electron chi connectivity index (χ1n) is 8.06. The lowest BCUT2D eigenvalue weighted by Gasteiger charge is -2.35. The Morgan fingerprint density at radius 2 is 2.00 bits per heavy atom. The topological polar surface area (TPSA) is 46.6 Å². The number of piperidine rings is 1. The molecule has 4 heteroatoms. The summed E-state index contributed by atoms with van der Waals surface area (Å²) >= 11 is 0. The minimum atomic E-state index is -0.429. The van der Waals surface area contributed by atoms with Crippen LogP contribution in [0.25, 0.3) is 0 Å². The number of hydrogen-bond donors (Lipinski definition) is 0. The number of amides is 1. The maximum atomic E-state index is 12.3. The number of hydrogen-bond acceptors (Lipinski definition) is 3. The Hall–Kier alpha value is -1.84. The Morgan fingerprint density at radius 1 is 1.23 bits per heavy atom. The van der Waals surface area contributed by atoms with Gasteiger partial charge in [-0.3, -0.25) is 4.79 Å². The van der Waals surface area contributed by atoms with Crippen LogP contribution in [0, 0.1) is 13.8 Å². The van der Waals surface area contributed by atoms with E-state index in [9.17, 15) is 9.59 Å². The Kier molecular flexibility index (Phi) is 5.58. The maximum Gasteiger partial charge on any atom is 0.338 e. The minimum absolute atomic E-state index is 0.0799. The molecule has 0 saturated carbocycles. The number of carbonyl (C=O) groups is 2. The average Bonchev–Trinajstić information content (AvgIpc) is 2.54. The largest absolute Gasteiger partial charge is 0.452 e. The number of likely N-dealkylation sites (tertiary alicyclic amines) is 1.